The molecule has 0 aliphatic carbocycles. The van der Waals surface area contributed by atoms with Gasteiger partial charge in [-0.1, -0.05) is 5.16 Å². The van der Waals surface area contributed by atoms with Gasteiger partial charge in [0.25, 0.3) is 0 Å². The first-order valence-electron chi connectivity index (χ1n) is 4.22. The second-order valence-corrected chi connectivity index (χ2v) is 3.32. The highest BCUT2D eigenvalue weighted by Crippen LogP contribution is 2.25. The van der Waals surface area contributed by atoms with Crippen LogP contribution in [-0.2, 0) is 4.84 Å². The molecule has 3 nitrogen and oxygen atoms in total. The highest BCUT2D eigenvalue weighted by molar-refractivity contribution is 5.89. The summed E-state index contributed by atoms with van der Waals surface area (Å²) in [5.41, 5.74) is 1.25. The van der Waals surface area contributed by atoms with Crippen molar-refractivity contribution in [3.8, 4) is 0 Å². The molecule has 0 aromatic heterocycles. The zero-order chi connectivity index (χ0) is 7.68. The first kappa shape index (κ1) is 7.10. The van der Waals surface area contributed by atoms with Crippen LogP contribution in [0.1, 0.15) is 12.8 Å². The number of hydrogen-bond donors (Lipinski definition) is 0. The number of rotatable bonds is 1. The summed E-state index contributed by atoms with van der Waals surface area (Å²) < 4.78 is 0. The van der Waals surface area contributed by atoms with Crippen LogP contribution in [0.3, 0.4) is 0 Å². The summed E-state index contributed by atoms with van der Waals surface area (Å²) in [5, 5.41) is 4.04. The van der Waals surface area contributed by atoms with Crippen LogP contribution in [-0.4, -0.2) is 37.4 Å². The lowest BCUT2D eigenvalue weighted by atomic mass is 9.87. The van der Waals surface area contributed by atoms with E-state index in [4.69, 9.17) is 4.84 Å². The summed E-state index contributed by atoms with van der Waals surface area (Å²) in [4.78, 5) is 7.24. The molecule has 2 bridgehead atoms. The number of nitrogens with zero attached hydrogens (tertiary/aromatic N) is 2. The molecule has 3 saturated heterocycles. The van der Waals surface area contributed by atoms with E-state index in [0.29, 0.717) is 0 Å². The maximum Gasteiger partial charge on any atom is 0.106 e. The van der Waals surface area contributed by atoms with Gasteiger partial charge in [0, 0.05) is 12.5 Å². The number of hydrogen-bond acceptors (Lipinski definition) is 3. The fourth-order valence-corrected chi connectivity index (χ4v) is 2.00. The summed E-state index contributed by atoms with van der Waals surface area (Å²) >= 11 is 0. The van der Waals surface area contributed by atoms with Crippen molar-refractivity contribution in [2.24, 2.45) is 11.1 Å². The highest BCUT2D eigenvalue weighted by atomic mass is 16.6. The number of fused-ring (bicyclic) bond motifs is 3. The molecular formula is C8H14N2O. The minimum absolute atomic E-state index is 0.722. The van der Waals surface area contributed by atoms with Crippen molar-refractivity contribution in [2.45, 2.75) is 12.8 Å². The van der Waals surface area contributed by atoms with Crippen LogP contribution in [0.5, 0.6) is 0 Å². The number of piperidine rings is 3. The Morgan fingerprint density at radius 1 is 1.45 bits per heavy atom. The van der Waals surface area contributed by atoms with Crippen molar-refractivity contribution in [3.05, 3.63) is 0 Å². The largest absolute Gasteiger partial charge is 0.399 e. The van der Waals surface area contributed by atoms with E-state index in [2.05, 4.69) is 10.1 Å². The molecule has 11 heavy (non-hydrogen) atoms. The lowest BCUT2D eigenvalue weighted by molar-refractivity contribution is 0.172. The molecule has 0 unspecified atom stereocenters. The van der Waals surface area contributed by atoms with Gasteiger partial charge in [-0.05, 0) is 25.9 Å². The lowest BCUT2D eigenvalue weighted by Crippen LogP contribution is -2.47. The summed E-state index contributed by atoms with van der Waals surface area (Å²) in [7, 11) is 1.63. The first-order chi connectivity index (χ1) is 5.40. The molecule has 3 heterocycles. The third-order valence-electron chi connectivity index (χ3n) is 2.65. The zero-order valence-corrected chi connectivity index (χ0v) is 6.92. The maximum atomic E-state index is 4.80. The van der Waals surface area contributed by atoms with E-state index in [-0.39, 0.29) is 0 Å². The maximum absolute atomic E-state index is 4.80. The molecule has 3 aliphatic heterocycles. The summed E-state index contributed by atoms with van der Waals surface area (Å²) in [6.45, 7) is 3.55. The predicted octanol–water partition coefficient (Wildman–Crippen LogP) is 0.714. The van der Waals surface area contributed by atoms with E-state index in [1.165, 1.54) is 31.6 Å². The van der Waals surface area contributed by atoms with Crippen LogP contribution in [0.15, 0.2) is 5.16 Å². The molecule has 0 aromatic carbocycles. The standard InChI is InChI=1S/C8H14N2O/c1-11-9-8-6-10-4-2-7(8)3-5-10/h7H,2-6H2,1H3/b9-8+. The van der Waals surface area contributed by atoms with Crippen molar-refractivity contribution >= 4 is 5.71 Å². The Kier molecular flexibility index (Phi) is 1.82. The Morgan fingerprint density at radius 3 is 2.64 bits per heavy atom. The van der Waals surface area contributed by atoms with Crippen molar-refractivity contribution < 1.29 is 4.84 Å². The smallest absolute Gasteiger partial charge is 0.106 e. The van der Waals surface area contributed by atoms with E-state index in [9.17, 15) is 0 Å². The van der Waals surface area contributed by atoms with Gasteiger partial charge in [-0.15, -0.1) is 0 Å². The molecule has 0 saturated carbocycles. The van der Waals surface area contributed by atoms with Gasteiger partial charge in [0.15, 0.2) is 0 Å². The monoisotopic (exact) mass is 154 g/mol. The van der Waals surface area contributed by atoms with Crippen LogP contribution < -0.4 is 0 Å². The Bertz CT molecular complexity index is 171. The molecule has 3 heteroatoms. The predicted molar refractivity (Wildman–Crippen MR) is 43.6 cm³/mol. The Morgan fingerprint density at radius 2 is 2.18 bits per heavy atom. The Labute approximate surface area is 67.0 Å². The van der Waals surface area contributed by atoms with Crippen LogP contribution in [0.25, 0.3) is 0 Å². The Hall–Kier alpha value is -0.570. The highest BCUT2D eigenvalue weighted by Gasteiger charge is 2.31. The van der Waals surface area contributed by atoms with Crippen molar-refractivity contribution in [2.75, 3.05) is 26.7 Å². The van der Waals surface area contributed by atoms with Crippen LogP contribution in [0.4, 0.5) is 0 Å². The van der Waals surface area contributed by atoms with Crippen LogP contribution in [0.2, 0.25) is 0 Å². The second-order valence-electron chi connectivity index (χ2n) is 3.32. The van der Waals surface area contributed by atoms with Crippen molar-refractivity contribution in [1.82, 2.24) is 4.90 Å². The van der Waals surface area contributed by atoms with E-state index in [1.807, 2.05) is 0 Å². The van der Waals surface area contributed by atoms with Crippen LogP contribution in [0, 0.1) is 5.92 Å². The van der Waals surface area contributed by atoms with E-state index in [0.717, 1.165) is 12.5 Å². The molecule has 0 aromatic rings. The van der Waals surface area contributed by atoms with Gasteiger partial charge in [-0.3, -0.25) is 4.90 Å². The van der Waals surface area contributed by atoms with Gasteiger partial charge in [0.2, 0.25) is 0 Å². The van der Waals surface area contributed by atoms with E-state index in [1.54, 1.807) is 7.11 Å². The third-order valence-corrected chi connectivity index (χ3v) is 2.65. The molecule has 0 spiro atoms. The SMILES string of the molecule is CO/N=C1\CN2CCC1CC2. The van der Waals surface area contributed by atoms with Gasteiger partial charge in [0.1, 0.15) is 7.11 Å². The van der Waals surface area contributed by atoms with E-state index < -0.39 is 0 Å². The normalized spacial score (nSPS) is 39.5. The van der Waals surface area contributed by atoms with Crippen LogP contribution >= 0.6 is 0 Å². The minimum atomic E-state index is 0.722. The fourth-order valence-electron chi connectivity index (χ4n) is 2.00. The Balaban J connectivity index is 2.08. The van der Waals surface area contributed by atoms with Crippen molar-refractivity contribution in [1.29, 1.82) is 0 Å². The lowest BCUT2D eigenvalue weighted by Gasteiger charge is -2.39. The number of oxime groups is 1. The topological polar surface area (TPSA) is 24.8 Å². The molecule has 0 amide bonds. The average molecular weight is 154 g/mol. The molecular weight excluding hydrogens is 140 g/mol. The molecule has 3 fully saturated rings. The quantitative estimate of drug-likeness (QED) is 0.520. The van der Waals surface area contributed by atoms with Gasteiger partial charge < -0.3 is 4.84 Å². The zero-order valence-electron chi connectivity index (χ0n) is 6.92. The van der Waals surface area contributed by atoms with Gasteiger partial charge in [0.05, 0.1) is 5.71 Å². The minimum Gasteiger partial charge on any atom is -0.399 e. The van der Waals surface area contributed by atoms with E-state index >= 15 is 0 Å². The average Bonchev–Trinajstić information content (AvgIpc) is 2.07. The molecule has 62 valence electrons. The molecule has 0 N–H and O–H groups in total. The molecule has 3 rings (SSSR count). The summed E-state index contributed by atoms with van der Waals surface area (Å²) in [6.07, 6.45) is 2.56. The first-order valence-corrected chi connectivity index (χ1v) is 4.22. The second kappa shape index (κ2) is 2.81. The van der Waals surface area contributed by atoms with Gasteiger partial charge in [-0.25, -0.2) is 0 Å². The molecule has 3 aliphatic rings. The van der Waals surface area contributed by atoms with Gasteiger partial charge >= 0.3 is 0 Å². The molecule has 0 atom stereocenters. The van der Waals surface area contributed by atoms with Gasteiger partial charge in [-0.2, -0.15) is 0 Å². The molecule has 0 radical (unpaired) electrons. The third kappa shape index (κ3) is 1.25. The summed E-state index contributed by atoms with van der Waals surface area (Å²) in [6, 6.07) is 0. The van der Waals surface area contributed by atoms with Crippen molar-refractivity contribution in [3.63, 3.8) is 0 Å². The fraction of sp³-hybridized carbons (Fsp3) is 0.875. The summed E-state index contributed by atoms with van der Waals surface area (Å²) in [5.74, 6) is 0.722.